The molecule has 0 aliphatic heterocycles. The van der Waals surface area contributed by atoms with E-state index >= 15 is 0 Å². The van der Waals surface area contributed by atoms with Gasteiger partial charge in [-0.3, -0.25) is 9.67 Å². The summed E-state index contributed by atoms with van der Waals surface area (Å²) in [5.74, 6) is -0.820. The van der Waals surface area contributed by atoms with Crippen molar-refractivity contribution in [2.24, 2.45) is 7.05 Å². The molecule has 0 atom stereocenters. The minimum atomic E-state index is -0.581. The third kappa shape index (κ3) is 3.24. The second-order valence-corrected chi connectivity index (χ2v) is 5.02. The average molecular weight is 327 g/mol. The predicted octanol–water partition coefficient (Wildman–Crippen LogP) is 3.20. The van der Waals surface area contributed by atoms with Crippen LogP contribution in [0.15, 0.2) is 48.9 Å². The van der Waals surface area contributed by atoms with Crippen molar-refractivity contribution in [1.29, 1.82) is 0 Å². The standard InChI is InChI=1S/C17H14FN3O3/c1-21-10-12(9-20-21)15-8-13(5-6-19-15)24-16-7-11(17(22)23-2)3-4-14(16)18/h3-10H,1-2H3. The van der Waals surface area contributed by atoms with Gasteiger partial charge in [0.2, 0.25) is 0 Å². The van der Waals surface area contributed by atoms with Gasteiger partial charge in [0.25, 0.3) is 0 Å². The van der Waals surface area contributed by atoms with Crippen LogP contribution in [0.3, 0.4) is 0 Å². The molecule has 0 spiro atoms. The van der Waals surface area contributed by atoms with E-state index in [1.54, 1.807) is 36.3 Å². The predicted molar refractivity (Wildman–Crippen MR) is 84.3 cm³/mol. The maximum absolute atomic E-state index is 13.9. The van der Waals surface area contributed by atoms with E-state index in [-0.39, 0.29) is 11.3 Å². The first-order valence-electron chi connectivity index (χ1n) is 7.07. The largest absolute Gasteiger partial charge is 0.465 e. The minimum Gasteiger partial charge on any atom is -0.465 e. The number of benzene rings is 1. The van der Waals surface area contributed by atoms with Gasteiger partial charge in [-0.05, 0) is 24.3 Å². The fourth-order valence-corrected chi connectivity index (χ4v) is 2.14. The van der Waals surface area contributed by atoms with Crippen molar-refractivity contribution >= 4 is 5.97 Å². The Morgan fingerprint density at radius 3 is 2.79 bits per heavy atom. The first kappa shape index (κ1) is 15.7. The number of hydrogen-bond acceptors (Lipinski definition) is 5. The molecule has 0 aliphatic rings. The van der Waals surface area contributed by atoms with Gasteiger partial charge in [0.05, 0.1) is 24.6 Å². The van der Waals surface area contributed by atoms with E-state index in [2.05, 4.69) is 14.8 Å². The normalized spacial score (nSPS) is 10.5. The first-order valence-corrected chi connectivity index (χ1v) is 7.07. The average Bonchev–Trinajstić information content (AvgIpc) is 3.03. The number of esters is 1. The number of nitrogens with zero attached hydrogens (tertiary/aromatic N) is 3. The van der Waals surface area contributed by atoms with E-state index < -0.39 is 11.8 Å². The summed E-state index contributed by atoms with van der Waals surface area (Å²) < 4.78 is 25.8. The summed E-state index contributed by atoms with van der Waals surface area (Å²) in [6, 6.07) is 7.06. The van der Waals surface area contributed by atoms with Gasteiger partial charge in [-0.2, -0.15) is 5.10 Å². The molecule has 3 rings (SSSR count). The third-order valence-electron chi connectivity index (χ3n) is 3.31. The van der Waals surface area contributed by atoms with Crippen LogP contribution in [-0.2, 0) is 11.8 Å². The summed E-state index contributed by atoms with van der Waals surface area (Å²) in [6.07, 6.45) is 5.04. The minimum absolute atomic E-state index is 0.0683. The highest BCUT2D eigenvalue weighted by molar-refractivity contribution is 5.89. The zero-order valence-electron chi connectivity index (χ0n) is 13.1. The van der Waals surface area contributed by atoms with Crippen molar-refractivity contribution in [3.05, 3.63) is 60.3 Å². The summed E-state index contributed by atoms with van der Waals surface area (Å²) in [5, 5.41) is 4.09. The smallest absolute Gasteiger partial charge is 0.337 e. The van der Waals surface area contributed by atoms with Crippen LogP contribution in [0.1, 0.15) is 10.4 Å². The molecule has 1 aromatic carbocycles. The molecule has 0 unspecified atom stereocenters. The Kier molecular flexibility index (Phi) is 4.24. The number of halogens is 1. The quantitative estimate of drug-likeness (QED) is 0.689. The highest BCUT2D eigenvalue weighted by atomic mass is 19.1. The summed E-state index contributed by atoms with van der Waals surface area (Å²) in [7, 11) is 3.06. The maximum Gasteiger partial charge on any atom is 0.337 e. The molecular formula is C17H14FN3O3. The van der Waals surface area contributed by atoms with Crippen LogP contribution in [0, 0.1) is 5.82 Å². The van der Waals surface area contributed by atoms with E-state index in [1.165, 1.54) is 19.2 Å². The lowest BCUT2D eigenvalue weighted by Gasteiger charge is -2.09. The molecule has 0 saturated heterocycles. The van der Waals surface area contributed by atoms with Crippen molar-refractivity contribution in [3.63, 3.8) is 0 Å². The lowest BCUT2D eigenvalue weighted by atomic mass is 10.2. The molecule has 0 saturated carbocycles. The monoisotopic (exact) mass is 327 g/mol. The zero-order chi connectivity index (χ0) is 17.1. The molecule has 7 heteroatoms. The Morgan fingerprint density at radius 1 is 1.25 bits per heavy atom. The SMILES string of the molecule is COC(=O)c1ccc(F)c(Oc2ccnc(-c3cnn(C)c3)c2)c1. The summed E-state index contributed by atoms with van der Waals surface area (Å²) in [4.78, 5) is 15.8. The Bertz CT molecular complexity index is 892. The lowest BCUT2D eigenvalue weighted by molar-refractivity contribution is 0.0600. The zero-order valence-corrected chi connectivity index (χ0v) is 13.1. The molecule has 3 aromatic rings. The molecule has 6 nitrogen and oxygen atoms in total. The lowest BCUT2D eigenvalue weighted by Crippen LogP contribution is -2.02. The van der Waals surface area contributed by atoms with Crippen LogP contribution >= 0.6 is 0 Å². The van der Waals surface area contributed by atoms with Crippen LogP contribution in [0.25, 0.3) is 11.3 Å². The number of aromatic nitrogens is 3. The fourth-order valence-electron chi connectivity index (χ4n) is 2.14. The Labute approximate surface area is 137 Å². The van der Waals surface area contributed by atoms with Gasteiger partial charge in [-0.25, -0.2) is 9.18 Å². The molecule has 0 radical (unpaired) electrons. The van der Waals surface area contributed by atoms with E-state index in [9.17, 15) is 9.18 Å². The first-order chi connectivity index (χ1) is 11.6. The molecule has 2 aromatic heterocycles. The summed E-state index contributed by atoms with van der Waals surface area (Å²) in [6.45, 7) is 0. The highest BCUT2D eigenvalue weighted by Crippen LogP contribution is 2.28. The van der Waals surface area contributed by atoms with Gasteiger partial charge in [-0.15, -0.1) is 0 Å². The van der Waals surface area contributed by atoms with E-state index in [1.807, 2.05) is 6.20 Å². The number of aryl methyl sites for hydroxylation is 1. The van der Waals surface area contributed by atoms with E-state index in [4.69, 9.17) is 4.74 Å². The summed E-state index contributed by atoms with van der Waals surface area (Å²) in [5.41, 5.74) is 1.66. The molecule has 24 heavy (non-hydrogen) atoms. The van der Waals surface area contributed by atoms with Crippen LogP contribution in [0.5, 0.6) is 11.5 Å². The van der Waals surface area contributed by atoms with Crippen LogP contribution < -0.4 is 4.74 Å². The number of carbonyl (C=O) groups is 1. The Morgan fingerprint density at radius 2 is 2.08 bits per heavy atom. The van der Waals surface area contributed by atoms with Crippen molar-refractivity contribution in [2.75, 3.05) is 7.11 Å². The number of methoxy groups -OCH3 is 1. The third-order valence-corrected chi connectivity index (χ3v) is 3.31. The van der Waals surface area contributed by atoms with Gasteiger partial charge in [0, 0.05) is 31.1 Å². The molecule has 122 valence electrons. The maximum atomic E-state index is 13.9. The second-order valence-electron chi connectivity index (χ2n) is 5.02. The molecule has 2 heterocycles. The van der Waals surface area contributed by atoms with Crippen LogP contribution in [0.2, 0.25) is 0 Å². The van der Waals surface area contributed by atoms with Crippen LogP contribution in [0.4, 0.5) is 4.39 Å². The molecule has 0 N–H and O–H groups in total. The molecule has 0 fully saturated rings. The van der Waals surface area contributed by atoms with Gasteiger partial charge >= 0.3 is 5.97 Å². The second kappa shape index (κ2) is 6.49. The molecular weight excluding hydrogens is 313 g/mol. The topological polar surface area (TPSA) is 66.2 Å². The van der Waals surface area contributed by atoms with Gasteiger partial charge in [0.15, 0.2) is 11.6 Å². The van der Waals surface area contributed by atoms with Crippen molar-refractivity contribution in [3.8, 4) is 22.8 Å². The highest BCUT2D eigenvalue weighted by Gasteiger charge is 2.12. The van der Waals surface area contributed by atoms with Gasteiger partial charge < -0.3 is 9.47 Å². The van der Waals surface area contributed by atoms with Gasteiger partial charge in [-0.1, -0.05) is 0 Å². The number of rotatable bonds is 4. The fraction of sp³-hybridized carbons (Fsp3) is 0.118. The summed E-state index contributed by atoms with van der Waals surface area (Å²) >= 11 is 0. The molecule has 0 amide bonds. The van der Waals surface area contributed by atoms with E-state index in [0.29, 0.717) is 11.4 Å². The molecule has 0 aliphatic carbocycles. The number of carbonyl (C=O) groups excluding carboxylic acids is 1. The van der Waals surface area contributed by atoms with Crippen LogP contribution in [-0.4, -0.2) is 27.8 Å². The number of hydrogen-bond donors (Lipinski definition) is 0. The van der Waals surface area contributed by atoms with Crippen molar-refractivity contribution in [2.45, 2.75) is 0 Å². The van der Waals surface area contributed by atoms with Gasteiger partial charge in [0.1, 0.15) is 5.75 Å². The Balaban J connectivity index is 1.90. The number of pyridine rings is 1. The molecule has 0 bridgehead atoms. The van der Waals surface area contributed by atoms with Crippen molar-refractivity contribution in [1.82, 2.24) is 14.8 Å². The number of ether oxygens (including phenoxy) is 2. The van der Waals surface area contributed by atoms with E-state index in [0.717, 1.165) is 11.6 Å². The van der Waals surface area contributed by atoms with Crippen molar-refractivity contribution < 1.29 is 18.7 Å². The Hall–Kier alpha value is -3.22.